The summed E-state index contributed by atoms with van der Waals surface area (Å²) < 4.78 is 53.1. The van der Waals surface area contributed by atoms with Crippen molar-refractivity contribution in [1.29, 1.82) is 0 Å². The highest BCUT2D eigenvalue weighted by Gasteiger charge is 2.33. The summed E-state index contributed by atoms with van der Waals surface area (Å²) >= 11 is 0. The van der Waals surface area contributed by atoms with E-state index in [0.29, 0.717) is 0 Å². The standard InChI is InChI=1S/C13H16F2N4O4S/c14-9-2-1-3-10(15)12(9)24(22,23)19-6-4-18(5-7-19)11(20)8-17-13(16)21/h1-3H,4-8H2,(H3,16,17,21). The van der Waals surface area contributed by atoms with Gasteiger partial charge in [-0.15, -0.1) is 0 Å². The topological polar surface area (TPSA) is 113 Å². The van der Waals surface area contributed by atoms with E-state index < -0.39 is 38.5 Å². The second kappa shape index (κ2) is 7.09. The first-order valence-corrected chi connectivity index (χ1v) is 8.42. The number of amides is 3. The quantitative estimate of drug-likeness (QED) is 0.749. The summed E-state index contributed by atoms with van der Waals surface area (Å²) in [5.74, 6) is -2.76. The van der Waals surface area contributed by atoms with Crippen LogP contribution in [0.25, 0.3) is 0 Å². The predicted octanol–water partition coefficient (Wildman–Crippen LogP) is -0.534. The van der Waals surface area contributed by atoms with Crippen LogP contribution >= 0.6 is 0 Å². The molecule has 0 radical (unpaired) electrons. The Bertz CT molecular complexity index is 728. The van der Waals surface area contributed by atoms with Gasteiger partial charge in [0.05, 0.1) is 6.54 Å². The molecule has 24 heavy (non-hydrogen) atoms. The molecule has 0 atom stereocenters. The van der Waals surface area contributed by atoms with E-state index in [0.717, 1.165) is 22.5 Å². The van der Waals surface area contributed by atoms with Crippen LogP contribution in [0.3, 0.4) is 0 Å². The molecule has 0 saturated carbocycles. The Morgan fingerprint density at radius 1 is 1.12 bits per heavy atom. The van der Waals surface area contributed by atoms with E-state index in [1.54, 1.807) is 0 Å². The van der Waals surface area contributed by atoms with Crippen LogP contribution in [0.5, 0.6) is 0 Å². The van der Waals surface area contributed by atoms with Crippen molar-refractivity contribution in [1.82, 2.24) is 14.5 Å². The minimum atomic E-state index is -4.34. The van der Waals surface area contributed by atoms with Gasteiger partial charge in [-0.1, -0.05) is 6.07 Å². The van der Waals surface area contributed by atoms with Gasteiger partial charge in [0, 0.05) is 26.2 Å². The lowest BCUT2D eigenvalue weighted by Gasteiger charge is -2.34. The molecule has 3 amide bonds. The van der Waals surface area contributed by atoms with Crippen molar-refractivity contribution in [2.24, 2.45) is 5.73 Å². The van der Waals surface area contributed by atoms with Gasteiger partial charge in [0.15, 0.2) is 4.90 Å². The van der Waals surface area contributed by atoms with Crippen molar-refractivity contribution >= 4 is 22.0 Å². The minimum absolute atomic E-state index is 0.0363. The molecule has 11 heteroatoms. The highest BCUT2D eigenvalue weighted by atomic mass is 32.2. The first-order valence-electron chi connectivity index (χ1n) is 6.98. The van der Waals surface area contributed by atoms with Crippen LogP contribution in [0.1, 0.15) is 0 Å². The number of hydrogen-bond donors (Lipinski definition) is 2. The number of sulfonamides is 1. The monoisotopic (exact) mass is 362 g/mol. The molecule has 1 aromatic carbocycles. The molecule has 0 aromatic heterocycles. The SMILES string of the molecule is NC(=O)NCC(=O)N1CCN(S(=O)(=O)c2c(F)cccc2F)CC1. The average molecular weight is 362 g/mol. The molecular formula is C13H16F2N4O4S. The molecule has 3 N–H and O–H groups in total. The fourth-order valence-corrected chi connectivity index (χ4v) is 3.84. The zero-order chi connectivity index (χ0) is 17.9. The van der Waals surface area contributed by atoms with E-state index in [4.69, 9.17) is 5.73 Å². The van der Waals surface area contributed by atoms with Gasteiger partial charge >= 0.3 is 6.03 Å². The molecular weight excluding hydrogens is 346 g/mol. The zero-order valence-electron chi connectivity index (χ0n) is 12.5. The summed E-state index contributed by atoms with van der Waals surface area (Å²) in [5.41, 5.74) is 4.86. The Labute approximate surface area is 137 Å². The second-order valence-corrected chi connectivity index (χ2v) is 6.93. The molecule has 132 valence electrons. The number of benzene rings is 1. The maximum atomic E-state index is 13.7. The van der Waals surface area contributed by atoms with Gasteiger partial charge in [-0.25, -0.2) is 22.0 Å². The van der Waals surface area contributed by atoms with E-state index >= 15 is 0 Å². The Hall–Kier alpha value is -2.27. The number of nitrogens with zero attached hydrogens (tertiary/aromatic N) is 2. The van der Waals surface area contributed by atoms with Crippen LogP contribution in [-0.4, -0.2) is 62.3 Å². The third kappa shape index (κ3) is 3.79. The van der Waals surface area contributed by atoms with Crippen LogP contribution in [0.4, 0.5) is 13.6 Å². The molecule has 1 fully saturated rings. The lowest BCUT2D eigenvalue weighted by Crippen LogP contribution is -2.53. The largest absolute Gasteiger partial charge is 0.352 e. The van der Waals surface area contributed by atoms with Gasteiger partial charge < -0.3 is 16.0 Å². The number of primary amides is 1. The van der Waals surface area contributed by atoms with E-state index in [-0.39, 0.29) is 32.7 Å². The molecule has 8 nitrogen and oxygen atoms in total. The molecule has 1 heterocycles. The number of carbonyl (C=O) groups is 2. The smallest absolute Gasteiger partial charge is 0.312 e. The van der Waals surface area contributed by atoms with E-state index in [1.807, 2.05) is 0 Å². The molecule has 2 rings (SSSR count). The van der Waals surface area contributed by atoms with Crippen molar-refractivity contribution in [3.63, 3.8) is 0 Å². The Morgan fingerprint density at radius 2 is 1.67 bits per heavy atom. The van der Waals surface area contributed by atoms with Gasteiger partial charge in [0.25, 0.3) is 0 Å². The lowest BCUT2D eigenvalue weighted by atomic mass is 10.3. The normalized spacial score (nSPS) is 16.0. The second-order valence-electron chi connectivity index (χ2n) is 5.05. The summed E-state index contributed by atoms with van der Waals surface area (Å²) in [5, 5.41) is 2.14. The number of urea groups is 1. The van der Waals surface area contributed by atoms with Gasteiger partial charge in [0.1, 0.15) is 11.6 Å². The molecule has 1 saturated heterocycles. The van der Waals surface area contributed by atoms with Gasteiger partial charge in [0.2, 0.25) is 15.9 Å². The Kier molecular flexibility index (Phi) is 5.34. The lowest BCUT2D eigenvalue weighted by molar-refractivity contribution is -0.131. The molecule has 1 aliphatic heterocycles. The maximum absolute atomic E-state index is 13.7. The van der Waals surface area contributed by atoms with Gasteiger partial charge in [-0.3, -0.25) is 4.79 Å². The fraction of sp³-hybridized carbons (Fsp3) is 0.385. The fourth-order valence-electron chi connectivity index (χ4n) is 2.31. The number of hydrogen-bond acceptors (Lipinski definition) is 4. The van der Waals surface area contributed by atoms with Crippen LogP contribution in [0.15, 0.2) is 23.1 Å². The Balaban J connectivity index is 2.06. The highest BCUT2D eigenvalue weighted by molar-refractivity contribution is 7.89. The molecule has 1 aromatic rings. The predicted molar refractivity (Wildman–Crippen MR) is 79.3 cm³/mol. The number of carbonyl (C=O) groups excluding carboxylic acids is 2. The van der Waals surface area contributed by atoms with Crippen molar-refractivity contribution in [3.05, 3.63) is 29.8 Å². The third-order valence-corrected chi connectivity index (χ3v) is 5.47. The van der Waals surface area contributed by atoms with Crippen LogP contribution < -0.4 is 11.1 Å². The van der Waals surface area contributed by atoms with E-state index in [2.05, 4.69) is 5.32 Å². The van der Waals surface area contributed by atoms with Gasteiger partial charge in [-0.2, -0.15) is 4.31 Å². The van der Waals surface area contributed by atoms with Gasteiger partial charge in [-0.05, 0) is 12.1 Å². The highest BCUT2D eigenvalue weighted by Crippen LogP contribution is 2.23. The van der Waals surface area contributed by atoms with Crippen molar-refractivity contribution in [2.75, 3.05) is 32.7 Å². The summed E-state index contributed by atoms with van der Waals surface area (Å²) in [6.07, 6.45) is 0. The molecule has 0 aliphatic carbocycles. The van der Waals surface area contributed by atoms with E-state index in [9.17, 15) is 26.8 Å². The summed E-state index contributed by atoms with van der Waals surface area (Å²) in [7, 11) is -4.34. The summed E-state index contributed by atoms with van der Waals surface area (Å²) in [6, 6.07) is 1.96. The maximum Gasteiger partial charge on any atom is 0.312 e. The van der Waals surface area contributed by atoms with Crippen LogP contribution in [0.2, 0.25) is 0 Å². The number of rotatable bonds is 4. The van der Waals surface area contributed by atoms with Crippen molar-refractivity contribution in [3.8, 4) is 0 Å². The zero-order valence-corrected chi connectivity index (χ0v) is 13.4. The summed E-state index contributed by atoms with van der Waals surface area (Å²) in [6.45, 7) is -0.454. The summed E-state index contributed by atoms with van der Waals surface area (Å²) in [4.78, 5) is 22.7. The molecule has 0 unspecified atom stereocenters. The first-order chi connectivity index (χ1) is 11.2. The molecule has 0 spiro atoms. The number of halogens is 2. The Morgan fingerprint density at radius 3 is 2.17 bits per heavy atom. The number of nitrogens with two attached hydrogens (primary N) is 1. The van der Waals surface area contributed by atoms with Crippen molar-refractivity contribution in [2.45, 2.75) is 4.90 Å². The molecule has 1 aliphatic rings. The molecule has 0 bridgehead atoms. The average Bonchev–Trinajstić information content (AvgIpc) is 2.52. The first kappa shape index (κ1) is 18.1. The van der Waals surface area contributed by atoms with Crippen LogP contribution in [-0.2, 0) is 14.8 Å². The third-order valence-electron chi connectivity index (χ3n) is 3.52. The number of nitrogens with one attached hydrogen (secondary N) is 1. The van der Waals surface area contributed by atoms with E-state index in [1.165, 1.54) is 4.90 Å². The van der Waals surface area contributed by atoms with Crippen molar-refractivity contribution < 1.29 is 26.8 Å². The number of piperazine rings is 1. The van der Waals surface area contributed by atoms with Crippen LogP contribution in [0, 0.1) is 11.6 Å². The minimum Gasteiger partial charge on any atom is -0.352 e.